The van der Waals surface area contributed by atoms with E-state index in [1.165, 1.54) is 17.8 Å². The number of rotatable bonds is 12. The van der Waals surface area contributed by atoms with Crippen molar-refractivity contribution in [3.63, 3.8) is 0 Å². The summed E-state index contributed by atoms with van der Waals surface area (Å²) in [6, 6.07) is 21.2. The highest BCUT2D eigenvalue weighted by Crippen LogP contribution is 2.25. The van der Waals surface area contributed by atoms with Crippen LogP contribution in [0.1, 0.15) is 30.5 Å². The number of halogens is 3. The van der Waals surface area contributed by atoms with E-state index in [4.69, 9.17) is 11.6 Å². The minimum Gasteiger partial charge on any atom is -0.354 e. The van der Waals surface area contributed by atoms with Gasteiger partial charge in [-0.1, -0.05) is 89.9 Å². The average Bonchev–Trinajstić information content (AvgIpc) is 2.88. The van der Waals surface area contributed by atoms with Gasteiger partial charge >= 0.3 is 0 Å². The highest BCUT2D eigenvalue weighted by atomic mass is 79.9. The summed E-state index contributed by atoms with van der Waals surface area (Å²) in [6.07, 6.45) is 0.386. The van der Waals surface area contributed by atoms with E-state index in [0.717, 1.165) is 15.6 Å². The minimum atomic E-state index is -0.699. The summed E-state index contributed by atoms with van der Waals surface area (Å²) in [5.74, 6) is -0.158. The largest absolute Gasteiger partial charge is 0.354 e. The maximum Gasteiger partial charge on any atom is 0.243 e. The normalized spacial score (nSPS) is 11.8. The number of hydrogen-bond acceptors (Lipinski definition) is 3. The van der Waals surface area contributed by atoms with Crippen molar-refractivity contribution >= 4 is 51.1 Å². The summed E-state index contributed by atoms with van der Waals surface area (Å²) in [5, 5.41) is 3.35. The Labute approximate surface area is 236 Å². The van der Waals surface area contributed by atoms with E-state index in [-0.39, 0.29) is 35.8 Å². The van der Waals surface area contributed by atoms with Gasteiger partial charge in [0.05, 0.1) is 5.75 Å². The first kappa shape index (κ1) is 29.2. The first-order valence-corrected chi connectivity index (χ1v) is 14.4. The molecule has 3 rings (SSSR count). The molecule has 8 heteroatoms. The van der Waals surface area contributed by atoms with E-state index in [1.54, 1.807) is 17.0 Å². The number of hydrogen-bond donors (Lipinski definition) is 1. The molecule has 196 valence electrons. The predicted octanol–water partition coefficient (Wildman–Crippen LogP) is 6.89. The van der Waals surface area contributed by atoms with E-state index < -0.39 is 11.9 Å². The lowest BCUT2D eigenvalue weighted by molar-refractivity contribution is -0.139. The standard InChI is InChI=1S/C29H31BrClFN2O2S/c1-20(2)16-33-29(36)27(15-21-7-4-3-5-8-21)34(17-22-11-13-23(30)14-12-22)28(35)19-37-18-24-25(31)9-6-10-26(24)32/h3-14,20,27H,15-19H2,1-2H3,(H,33,36)/t27-/m1/s1. The maximum absolute atomic E-state index is 14.2. The fraction of sp³-hybridized carbons (Fsp3) is 0.310. The van der Waals surface area contributed by atoms with Crippen molar-refractivity contribution in [1.82, 2.24) is 10.2 Å². The van der Waals surface area contributed by atoms with E-state index in [2.05, 4.69) is 21.2 Å². The third kappa shape index (κ3) is 9.16. The molecule has 0 aromatic heterocycles. The zero-order valence-electron chi connectivity index (χ0n) is 20.9. The van der Waals surface area contributed by atoms with Crippen LogP contribution in [0.5, 0.6) is 0 Å². The van der Waals surface area contributed by atoms with Gasteiger partial charge in [0.1, 0.15) is 11.9 Å². The Kier molecular flexibility index (Phi) is 11.5. The first-order valence-electron chi connectivity index (χ1n) is 12.1. The molecule has 0 saturated carbocycles. The average molecular weight is 606 g/mol. The Hall–Kier alpha value is -2.35. The number of nitrogens with one attached hydrogen (secondary N) is 1. The quantitative estimate of drug-likeness (QED) is 0.245. The lowest BCUT2D eigenvalue weighted by Gasteiger charge is -2.32. The van der Waals surface area contributed by atoms with Crippen molar-refractivity contribution < 1.29 is 14.0 Å². The van der Waals surface area contributed by atoms with E-state index in [1.807, 2.05) is 68.4 Å². The van der Waals surface area contributed by atoms with Gasteiger partial charge in [0.25, 0.3) is 0 Å². The lowest BCUT2D eigenvalue weighted by atomic mass is 10.0. The molecule has 0 saturated heterocycles. The molecular weight excluding hydrogens is 575 g/mol. The fourth-order valence-corrected chi connectivity index (χ4v) is 5.27. The van der Waals surface area contributed by atoms with Crippen LogP contribution in [-0.2, 0) is 28.3 Å². The molecule has 0 radical (unpaired) electrons. The number of carbonyl (C=O) groups is 2. The van der Waals surface area contributed by atoms with E-state index >= 15 is 0 Å². The van der Waals surface area contributed by atoms with Crippen LogP contribution in [-0.4, -0.2) is 35.1 Å². The summed E-state index contributed by atoms with van der Waals surface area (Å²) >= 11 is 10.9. The van der Waals surface area contributed by atoms with Gasteiger partial charge < -0.3 is 10.2 Å². The van der Waals surface area contributed by atoms with Crippen LogP contribution in [0.25, 0.3) is 0 Å². The lowest BCUT2D eigenvalue weighted by Crippen LogP contribution is -2.51. The molecule has 1 atom stereocenters. The van der Waals surface area contributed by atoms with Crippen LogP contribution >= 0.6 is 39.3 Å². The highest BCUT2D eigenvalue weighted by molar-refractivity contribution is 9.10. The molecule has 0 spiro atoms. The van der Waals surface area contributed by atoms with Gasteiger partial charge in [0.15, 0.2) is 0 Å². The van der Waals surface area contributed by atoms with Crippen molar-refractivity contribution in [2.75, 3.05) is 12.3 Å². The molecule has 0 heterocycles. The number of thioether (sulfide) groups is 1. The Morgan fingerprint density at radius 3 is 2.35 bits per heavy atom. The van der Waals surface area contributed by atoms with Crippen LogP contribution < -0.4 is 5.32 Å². The monoisotopic (exact) mass is 604 g/mol. The minimum absolute atomic E-state index is 0.0872. The molecule has 0 bridgehead atoms. The molecule has 3 aromatic carbocycles. The van der Waals surface area contributed by atoms with Crippen molar-refractivity contribution in [1.29, 1.82) is 0 Å². The van der Waals surface area contributed by atoms with Crippen LogP contribution in [0.2, 0.25) is 5.02 Å². The number of amides is 2. The molecule has 1 N–H and O–H groups in total. The molecule has 2 amide bonds. The van der Waals surface area contributed by atoms with Gasteiger partial charge in [-0.15, -0.1) is 11.8 Å². The summed E-state index contributed by atoms with van der Waals surface area (Å²) in [7, 11) is 0. The van der Waals surface area contributed by atoms with Crippen molar-refractivity contribution in [3.8, 4) is 0 Å². The maximum atomic E-state index is 14.2. The molecule has 0 fully saturated rings. The van der Waals surface area contributed by atoms with Gasteiger partial charge in [0.2, 0.25) is 11.8 Å². The second kappa shape index (κ2) is 14.6. The summed E-state index contributed by atoms with van der Waals surface area (Å²) in [5.41, 5.74) is 2.25. The predicted molar refractivity (Wildman–Crippen MR) is 154 cm³/mol. The van der Waals surface area contributed by atoms with E-state index in [0.29, 0.717) is 23.6 Å². The molecule has 37 heavy (non-hydrogen) atoms. The second-order valence-corrected chi connectivity index (χ2v) is 11.5. The summed E-state index contributed by atoms with van der Waals surface area (Å²) in [6.45, 7) is 4.86. The van der Waals surface area contributed by atoms with Crippen molar-refractivity contribution in [2.24, 2.45) is 5.92 Å². The Morgan fingerprint density at radius 1 is 1.00 bits per heavy atom. The third-order valence-electron chi connectivity index (χ3n) is 5.76. The van der Waals surface area contributed by atoms with Crippen molar-refractivity contribution in [2.45, 2.75) is 38.6 Å². The Bertz CT molecular complexity index is 1160. The second-order valence-electron chi connectivity index (χ2n) is 9.19. The Balaban J connectivity index is 1.85. The van der Waals surface area contributed by atoms with Gasteiger partial charge in [-0.25, -0.2) is 4.39 Å². The number of carbonyl (C=O) groups excluding carboxylic acids is 2. The molecule has 0 unspecified atom stereocenters. The summed E-state index contributed by atoms with van der Waals surface area (Å²) < 4.78 is 15.2. The van der Waals surface area contributed by atoms with Gasteiger partial charge in [0, 0.05) is 40.3 Å². The van der Waals surface area contributed by atoms with Crippen LogP contribution in [0.15, 0.2) is 77.3 Å². The number of nitrogens with zero attached hydrogens (tertiary/aromatic N) is 1. The molecule has 4 nitrogen and oxygen atoms in total. The van der Waals surface area contributed by atoms with Gasteiger partial charge in [-0.05, 0) is 41.3 Å². The SMILES string of the molecule is CC(C)CNC(=O)[C@@H](Cc1ccccc1)N(Cc1ccc(Br)cc1)C(=O)CSCc1c(F)cccc1Cl. The fourth-order valence-electron chi connectivity index (χ4n) is 3.76. The molecular formula is C29H31BrClFN2O2S. The third-order valence-corrected chi connectivity index (χ3v) is 7.58. The van der Waals surface area contributed by atoms with E-state index in [9.17, 15) is 14.0 Å². The van der Waals surface area contributed by atoms with Gasteiger partial charge in [-0.3, -0.25) is 9.59 Å². The van der Waals surface area contributed by atoms with Crippen LogP contribution in [0, 0.1) is 11.7 Å². The zero-order chi connectivity index (χ0) is 26.8. The van der Waals surface area contributed by atoms with Gasteiger partial charge in [-0.2, -0.15) is 0 Å². The smallest absolute Gasteiger partial charge is 0.243 e. The van der Waals surface area contributed by atoms with Crippen LogP contribution in [0.4, 0.5) is 4.39 Å². The highest BCUT2D eigenvalue weighted by Gasteiger charge is 2.30. The first-order chi connectivity index (χ1) is 17.7. The molecule has 0 aliphatic rings. The molecule has 3 aromatic rings. The molecule has 0 aliphatic carbocycles. The summed E-state index contributed by atoms with van der Waals surface area (Å²) in [4.78, 5) is 28.7. The Morgan fingerprint density at radius 2 is 1.70 bits per heavy atom. The van der Waals surface area contributed by atoms with Crippen molar-refractivity contribution in [3.05, 3.63) is 105 Å². The zero-order valence-corrected chi connectivity index (χ0v) is 24.1. The molecule has 0 aliphatic heterocycles. The van der Waals surface area contributed by atoms with Crippen LogP contribution in [0.3, 0.4) is 0 Å². The number of benzene rings is 3. The topological polar surface area (TPSA) is 49.4 Å².